The van der Waals surface area contributed by atoms with Crippen molar-refractivity contribution in [2.45, 2.75) is 50.3 Å². The summed E-state index contributed by atoms with van der Waals surface area (Å²) in [6.07, 6.45) is 5.51. The van der Waals surface area contributed by atoms with Crippen molar-refractivity contribution in [1.82, 2.24) is 9.73 Å². The van der Waals surface area contributed by atoms with Crippen LogP contribution in [0, 0.1) is 12.8 Å². The minimum Gasteiger partial charge on any atom is -0.273 e. The lowest BCUT2D eigenvalue weighted by molar-refractivity contribution is -0.126. The number of hydrogen-bond acceptors (Lipinski definition) is 4. The average Bonchev–Trinajstić information content (AvgIpc) is 3.14. The van der Waals surface area contributed by atoms with Gasteiger partial charge >= 0.3 is 0 Å². The first-order valence-corrected chi connectivity index (χ1v) is 10.3. The van der Waals surface area contributed by atoms with Crippen molar-refractivity contribution in [2.75, 3.05) is 13.1 Å². The second-order valence-electron chi connectivity index (χ2n) is 6.88. The maximum Gasteiger partial charge on any atom is 0.244 e. The number of hydrogen-bond donors (Lipinski definition) is 1. The van der Waals surface area contributed by atoms with Gasteiger partial charge in [-0.3, -0.25) is 4.79 Å². The summed E-state index contributed by atoms with van der Waals surface area (Å²) in [5, 5.41) is 4.20. The van der Waals surface area contributed by atoms with Crippen molar-refractivity contribution in [1.29, 1.82) is 0 Å². The summed E-state index contributed by atoms with van der Waals surface area (Å²) >= 11 is 0. The molecule has 1 aliphatic carbocycles. The van der Waals surface area contributed by atoms with E-state index in [-0.39, 0.29) is 23.3 Å². The third kappa shape index (κ3) is 4.27. The highest BCUT2D eigenvalue weighted by Crippen LogP contribution is 2.24. The third-order valence-electron chi connectivity index (χ3n) is 4.92. The molecule has 0 aromatic heterocycles. The van der Waals surface area contributed by atoms with Crippen LogP contribution in [-0.2, 0) is 14.8 Å². The SMILES string of the molecule is Cc1ccc(S(=O)(=O)N2CCC[C@H](C(=O)NN=C3CCCC3)C2)cc1. The molecule has 1 amide bonds. The van der Waals surface area contributed by atoms with Crippen molar-refractivity contribution in [3.63, 3.8) is 0 Å². The van der Waals surface area contributed by atoms with Gasteiger partial charge in [0, 0.05) is 18.8 Å². The zero-order valence-corrected chi connectivity index (χ0v) is 15.4. The van der Waals surface area contributed by atoms with Crippen LogP contribution < -0.4 is 5.43 Å². The summed E-state index contributed by atoms with van der Waals surface area (Å²) in [6.45, 7) is 2.59. The Labute approximate surface area is 149 Å². The fourth-order valence-electron chi connectivity index (χ4n) is 3.35. The van der Waals surface area contributed by atoms with Gasteiger partial charge in [-0.25, -0.2) is 13.8 Å². The van der Waals surface area contributed by atoms with E-state index in [9.17, 15) is 13.2 Å². The van der Waals surface area contributed by atoms with Crippen LogP contribution in [0.1, 0.15) is 44.1 Å². The van der Waals surface area contributed by atoms with Crippen LogP contribution >= 0.6 is 0 Å². The fraction of sp³-hybridized carbons (Fsp3) is 0.556. The Balaban J connectivity index is 1.66. The van der Waals surface area contributed by atoms with Gasteiger partial charge in [-0.2, -0.15) is 9.41 Å². The summed E-state index contributed by atoms with van der Waals surface area (Å²) in [5.74, 6) is -0.525. The second-order valence-corrected chi connectivity index (χ2v) is 8.81. The van der Waals surface area contributed by atoms with Gasteiger partial charge < -0.3 is 0 Å². The zero-order chi connectivity index (χ0) is 17.9. The number of piperidine rings is 1. The molecule has 0 spiro atoms. The van der Waals surface area contributed by atoms with E-state index in [2.05, 4.69) is 10.5 Å². The van der Waals surface area contributed by atoms with E-state index in [4.69, 9.17) is 0 Å². The molecule has 1 aromatic rings. The second kappa shape index (κ2) is 7.66. The van der Waals surface area contributed by atoms with E-state index in [1.165, 1.54) is 4.31 Å². The molecule has 136 valence electrons. The van der Waals surface area contributed by atoms with Crippen molar-refractivity contribution in [3.05, 3.63) is 29.8 Å². The number of sulfonamides is 1. The van der Waals surface area contributed by atoms with Crippen LogP contribution in [0.5, 0.6) is 0 Å². The number of amides is 1. The molecule has 1 atom stereocenters. The molecule has 1 heterocycles. The maximum atomic E-state index is 12.8. The van der Waals surface area contributed by atoms with E-state index in [0.29, 0.717) is 19.4 Å². The number of aryl methyl sites for hydroxylation is 1. The summed E-state index contributed by atoms with van der Waals surface area (Å²) in [6, 6.07) is 6.83. The minimum atomic E-state index is -3.56. The predicted octanol–water partition coefficient (Wildman–Crippen LogP) is 2.44. The van der Waals surface area contributed by atoms with Gasteiger partial charge in [0.15, 0.2) is 0 Å². The van der Waals surface area contributed by atoms with E-state index in [0.717, 1.165) is 37.0 Å². The summed E-state index contributed by atoms with van der Waals surface area (Å²) < 4.78 is 27.0. The summed E-state index contributed by atoms with van der Waals surface area (Å²) in [5.41, 5.74) is 4.69. The quantitative estimate of drug-likeness (QED) is 0.835. The summed E-state index contributed by atoms with van der Waals surface area (Å²) in [7, 11) is -3.56. The van der Waals surface area contributed by atoms with Crippen LogP contribution in [0.25, 0.3) is 0 Å². The lowest BCUT2D eigenvalue weighted by Crippen LogP contribution is -2.44. The highest BCUT2D eigenvalue weighted by Gasteiger charge is 2.33. The van der Waals surface area contributed by atoms with Gasteiger partial charge in [-0.05, 0) is 57.6 Å². The number of nitrogens with one attached hydrogen (secondary N) is 1. The molecule has 2 aliphatic rings. The maximum absolute atomic E-state index is 12.8. The Morgan fingerprint density at radius 3 is 2.52 bits per heavy atom. The fourth-order valence-corrected chi connectivity index (χ4v) is 4.88. The number of carbonyl (C=O) groups excluding carboxylic acids is 1. The molecule has 1 N–H and O–H groups in total. The summed E-state index contributed by atoms with van der Waals surface area (Å²) in [4.78, 5) is 12.7. The molecule has 0 bridgehead atoms. The first-order chi connectivity index (χ1) is 12.0. The largest absolute Gasteiger partial charge is 0.273 e. The van der Waals surface area contributed by atoms with Gasteiger partial charge in [-0.15, -0.1) is 0 Å². The van der Waals surface area contributed by atoms with Crippen LogP contribution in [0.2, 0.25) is 0 Å². The number of rotatable bonds is 4. The van der Waals surface area contributed by atoms with Crippen LogP contribution in [0.4, 0.5) is 0 Å². The van der Waals surface area contributed by atoms with Gasteiger partial charge in [0.25, 0.3) is 0 Å². The first kappa shape index (κ1) is 18.1. The monoisotopic (exact) mass is 363 g/mol. The Morgan fingerprint density at radius 2 is 1.84 bits per heavy atom. The Kier molecular flexibility index (Phi) is 5.54. The van der Waals surface area contributed by atoms with Gasteiger partial charge in [0.2, 0.25) is 15.9 Å². The molecule has 0 unspecified atom stereocenters. The van der Waals surface area contributed by atoms with Crippen LogP contribution in [0.3, 0.4) is 0 Å². The number of nitrogens with zero attached hydrogens (tertiary/aromatic N) is 2. The van der Waals surface area contributed by atoms with E-state index in [1.54, 1.807) is 24.3 Å². The van der Waals surface area contributed by atoms with E-state index >= 15 is 0 Å². The number of carbonyl (C=O) groups is 1. The lowest BCUT2D eigenvalue weighted by atomic mass is 9.99. The molecule has 3 rings (SSSR count). The Morgan fingerprint density at radius 1 is 1.16 bits per heavy atom. The average molecular weight is 363 g/mol. The predicted molar refractivity (Wildman–Crippen MR) is 96.7 cm³/mol. The molecule has 0 radical (unpaired) electrons. The first-order valence-electron chi connectivity index (χ1n) is 8.89. The zero-order valence-electron chi connectivity index (χ0n) is 14.6. The van der Waals surface area contributed by atoms with Crippen LogP contribution in [-0.4, -0.2) is 37.4 Å². The topological polar surface area (TPSA) is 78.8 Å². The van der Waals surface area contributed by atoms with Gasteiger partial charge in [-0.1, -0.05) is 17.7 Å². The number of benzene rings is 1. The molecule has 1 saturated carbocycles. The normalized spacial score (nSPS) is 22.0. The van der Waals surface area contributed by atoms with Gasteiger partial charge in [0.05, 0.1) is 10.8 Å². The molecule has 6 nitrogen and oxygen atoms in total. The molecule has 7 heteroatoms. The van der Waals surface area contributed by atoms with Crippen LogP contribution in [0.15, 0.2) is 34.3 Å². The Hall–Kier alpha value is -1.73. The molecule has 1 aromatic carbocycles. The van der Waals surface area contributed by atoms with Crippen molar-refractivity contribution in [3.8, 4) is 0 Å². The van der Waals surface area contributed by atoms with E-state index < -0.39 is 10.0 Å². The van der Waals surface area contributed by atoms with Gasteiger partial charge in [0.1, 0.15) is 0 Å². The standard InChI is InChI=1S/C18H25N3O3S/c1-14-8-10-17(11-9-14)25(23,24)21-12-4-5-15(13-21)18(22)20-19-16-6-2-3-7-16/h8-11,15H,2-7,12-13H2,1H3,(H,20,22)/t15-/m0/s1. The lowest BCUT2D eigenvalue weighted by Gasteiger charge is -2.30. The van der Waals surface area contributed by atoms with E-state index in [1.807, 2.05) is 6.92 Å². The molecular formula is C18H25N3O3S. The molecule has 2 fully saturated rings. The van der Waals surface area contributed by atoms with Crippen molar-refractivity contribution >= 4 is 21.6 Å². The smallest absolute Gasteiger partial charge is 0.244 e. The highest BCUT2D eigenvalue weighted by atomic mass is 32.2. The Bertz CT molecular complexity index is 748. The molecular weight excluding hydrogens is 338 g/mol. The molecule has 25 heavy (non-hydrogen) atoms. The molecule has 1 saturated heterocycles. The van der Waals surface area contributed by atoms with Crippen molar-refractivity contribution in [2.24, 2.45) is 11.0 Å². The minimum absolute atomic E-state index is 0.178. The highest BCUT2D eigenvalue weighted by molar-refractivity contribution is 7.89. The van der Waals surface area contributed by atoms with Crippen molar-refractivity contribution < 1.29 is 13.2 Å². The number of hydrazone groups is 1. The molecule has 1 aliphatic heterocycles. The third-order valence-corrected chi connectivity index (χ3v) is 6.80.